The lowest BCUT2D eigenvalue weighted by molar-refractivity contribution is -0.117. The minimum atomic E-state index is -0.836. The molecule has 2 atom stereocenters. The SMILES string of the molecule is COc1c(O)c2c(=O)cc(CO)c3c4c(CO)cc(=O)c5c6c(c7c(c(c1C(C(C)=O)C(C)=C7)c23)c54)NC(C)(C)C(C)N6. The van der Waals surface area contributed by atoms with E-state index in [2.05, 4.69) is 24.5 Å². The molecule has 0 aromatic heterocycles. The zero-order chi connectivity index (χ0) is 30.9. The molecule has 5 aromatic carbocycles. The Morgan fingerprint density at radius 2 is 1.49 bits per heavy atom. The van der Waals surface area contributed by atoms with Gasteiger partial charge in [-0.1, -0.05) is 11.6 Å². The number of hydrogen-bond donors (Lipinski definition) is 5. The van der Waals surface area contributed by atoms with Crippen LogP contribution in [-0.2, 0) is 18.0 Å². The maximum absolute atomic E-state index is 14.0. The van der Waals surface area contributed by atoms with Crippen LogP contribution in [-0.4, -0.2) is 39.8 Å². The van der Waals surface area contributed by atoms with Crippen LogP contribution in [0.4, 0.5) is 11.4 Å². The fourth-order valence-electron chi connectivity index (χ4n) is 7.54. The van der Waals surface area contributed by atoms with Crippen LogP contribution in [0, 0.1) is 0 Å². The summed E-state index contributed by atoms with van der Waals surface area (Å²) < 4.78 is 5.77. The summed E-state index contributed by atoms with van der Waals surface area (Å²) >= 11 is 0. The molecular weight excluding hydrogens is 548 g/mol. The highest BCUT2D eigenvalue weighted by Gasteiger charge is 2.40. The van der Waals surface area contributed by atoms with Crippen LogP contribution in [0.15, 0.2) is 27.3 Å². The molecule has 0 radical (unpaired) electrons. The van der Waals surface area contributed by atoms with Crippen LogP contribution >= 0.6 is 0 Å². The van der Waals surface area contributed by atoms with Gasteiger partial charge in [0.1, 0.15) is 5.78 Å². The second kappa shape index (κ2) is 8.78. The lowest BCUT2D eigenvalue weighted by atomic mass is 9.78. The lowest BCUT2D eigenvalue weighted by Gasteiger charge is -2.42. The second-order valence-corrected chi connectivity index (χ2v) is 12.5. The zero-order valence-corrected chi connectivity index (χ0v) is 24.8. The highest BCUT2D eigenvalue weighted by molar-refractivity contribution is 6.40. The molecule has 0 spiro atoms. The summed E-state index contributed by atoms with van der Waals surface area (Å²) in [5, 5.41) is 43.4. The molecule has 0 fully saturated rings. The van der Waals surface area contributed by atoms with E-state index in [1.165, 1.54) is 26.2 Å². The Balaban J connectivity index is 1.98. The molecule has 43 heavy (non-hydrogen) atoms. The second-order valence-electron chi connectivity index (χ2n) is 12.5. The number of phenols is 1. The Bertz CT molecular complexity index is 2240. The van der Waals surface area contributed by atoms with Gasteiger partial charge in [-0.15, -0.1) is 0 Å². The van der Waals surface area contributed by atoms with Gasteiger partial charge in [0, 0.05) is 33.3 Å². The van der Waals surface area contributed by atoms with Crippen molar-refractivity contribution in [3.05, 3.63) is 60.4 Å². The number of fused-ring (bicyclic) bond motifs is 4. The van der Waals surface area contributed by atoms with E-state index in [1.54, 1.807) is 0 Å². The van der Waals surface area contributed by atoms with Gasteiger partial charge in [0.05, 0.1) is 53.9 Å². The third kappa shape index (κ3) is 3.26. The smallest absolute Gasteiger partial charge is 0.190 e. The Labute approximate surface area is 246 Å². The first-order valence-electron chi connectivity index (χ1n) is 14.3. The fraction of sp³-hybridized carbons (Fsp3) is 0.324. The summed E-state index contributed by atoms with van der Waals surface area (Å²) in [5.41, 5.74) is 2.48. The number of aliphatic hydroxyl groups excluding tert-OH is 2. The maximum Gasteiger partial charge on any atom is 0.190 e. The molecule has 5 aromatic rings. The van der Waals surface area contributed by atoms with Crippen molar-refractivity contribution < 1.29 is 24.9 Å². The number of methoxy groups -OCH3 is 1. The summed E-state index contributed by atoms with van der Waals surface area (Å²) in [6.07, 6.45) is 1.93. The number of aliphatic hydroxyl groups is 2. The highest BCUT2D eigenvalue weighted by Crippen LogP contribution is 2.57. The predicted octanol–water partition coefficient (Wildman–Crippen LogP) is 4.69. The summed E-state index contributed by atoms with van der Waals surface area (Å²) in [5.74, 6) is -1.41. The van der Waals surface area contributed by atoms with E-state index in [0.717, 1.165) is 5.56 Å². The van der Waals surface area contributed by atoms with Gasteiger partial charge in [0.15, 0.2) is 22.4 Å². The molecule has 5 N–H and O–H groups in total. The normalized spacial score (nSPS) is 19.0. The minimum absolute atomic E-state index is 0.0118. The lowest BCUT2D eigenvalue weighted by Crippen LogP contribution is -2.50. The van der Waals surface area contributed by atoms with Gasteiger partial charge in [-0.3, -0.25) is 14.4 Å². The molecule has 0 saturated carbocycles. The van der Waals surface area contributed by atoms with Gasteiger partial charge in [-0.25, -0.2) is 0 Å². The molecule has 9 nitrogen and oxygen atoms in total. The van der Waals surface area contributed by atoms with E-state index in [1.807, 2.05) is 19.9 Å². The Hall–Kier alpha value is -4.47. The van der Waals surface area contributed by atoms with Gasteiger partial charge in [0.25, 0.3) is 0 Å². The molecule has 1 heterocycles. The number of ether oxygens (including phenoxy) is 1. The van der Waals surface area contributed by atoms with Crippen molar-refractivity contribution >= 4 is 66.3 Å². The molecular formula is C34H32N2O7. The molecule has 9 heteroatoms. The number of rotatable bonds is 4. The number of anilines is 2. The van der Waals surface area contributed by atoms with E-state index in [0.29, 0.717) is 65.8 Å². The quantitative estimate of drug-likeness (QED) is 0.151. The number of carbonyl (C=O) groups excluding carboxylic acids is 1. The predicted molar refractivity (Wildman–Crippen MR) is 169 cm³/mol. The number of hydrogen-bond acceptors (Lipinski definition) is 9. The molecule has 1 aliphatic carbocycles. The molecule has 2 aliphatic rings. The zero-order valence-electron chi connectivity index (χ0n) is 24.8. The monoisotopic (exact) mass is 580 g/mol. The first-order chi connectivity index (χ1) is 20.4. The Morgan fingerprint density at radius 1 is 0.907 bits per heavy atom. The molecule has 0 amide bonds. The molecule has 0 saturated heterocycles. The average Bonchev–Trinajstić information content (AvgIpc) is 3.08. The van der Waals surface area contributed by atoms with Crippen molar-refractivity contribution in [2.45, 2.75) is 65.3 Å². The van der Waals surface area contributed by atoms with Crippen molar-refractivity contribution in [1.82, 2.24) is 0 Å². The van der Waals surface area contributed by atoms with E-state index in [4.69, 9.17) is 4.74 Å². The van der Waals surface area contributed by atoms with Crippen molar-refractivity contribution in [3.63, 3.8) is 0 Å². The van der Waals surface area contributed by atoms with Gasteiger partial charge in [-0.2, -0.15) is 0 Å². The molecule has 0 bridgehead atoms. The van der Waals surface area contributed by atoms with E-state index >= 15 is 0 Å². The van der Waals surface area contributed by atoms with E-state index in [9.17, 15) is 29.7 Å². The number of phenolic OH excluding ortho intramolecular Hbond substituents is 1. The molecule has 7 rings (SSSR count). The van der Waals surface area contributed by atoms with Crippen molar-refractivity contribution in [2.75, 3.05) is 17.7 Å². The number of nitrogens with one attached hydrogen (secondary N) is 2. The first kappa shape index (κ1) is 27.4. The number of ketones is 1. The third-order valence-electron chi connectivity index (χ3n) is 9.71. The number of carbonyl (C=O) groups is 1. The highest BCUT2D eigenvalue weighted by atomic mass is 16.5. The van der Waals surface area contributed by atoms with E-state index < -0.39 is 35.8 Å². The van der Waals surface area contributed by atoms with Crippen LogP contribution in [0.1, 0.15) is 62.8 Å². The van der Waals surface area contributed by atoms with Crippen molar-refractivity contribution in [1.29, 1.82) is 0 Å². The summed E-state index contributed by atoms with van der Waals surface area (Å²) in [7, 11) is 1.38. The summed E-state index contributed by atoms with van der Waals surface area (Å²) in [4.78, 5) is 41.1. The topological polar surface area (TPSA) is 145 Å². The number of benzene rings is 5. The number of Topliss-reactive ketones (excluding diaryl/α,β-unsaturated/α-hetero) is 1. The van der Waals surface area contributed by atoms with E-state index in [-0.39, 0.29) is 34.0 Å². The van der Waals surface area contributed by atoms with Crippen LogP contribution in [0.3, 0.4) is 0 Å². The van der Waals surface area contributed by atoms with Crippen LogP contribution in [0.25, 0.3) is 49.2 Å². The van der Waals surface area contributed by atoms with Gasteiger partial charge < -0.3 is 30.7 Å². The number of aromatic hydroxyl groups is 1. The largest absolute Gasteiger partial charge is 0.504 e. The first-order valence-corrected chi connectivity index (χ1v) is 14.3. The Kier molecular flexibility index (Phi) is 5.59. The van der Waals surface area contributed by atoms with Crippen molar-refractivity contribution in [2.24, 2.45) is 0 Å². The molecule has 220 valence electrons. The van der Waals surface area contributed by atoms with Crippen LogP contribution in [0.2, 0.25) is 0 Å². The van der Waals surface area contributed by atoms with Gasteiger partial charge in [-0.05, 0) is 74.0 Å². The van der Waals surface area contributed by atoms with Crippen molar-refractivity contribution in [3.8, 4) is 11.5 Å². The Morgan fingerprint density at radius 3 is 2.05 bits per heavy atom. The molecule has 2 unspecified atom stereocenters. The minimum Gasteiger partial charge on any atom is -0.504 e. The summed E-state index contributed by atoms with van der Waals surface area (Å²) in [6.45, 7) is 8.49. The van der Waals surface area contributed by atoms with Gasteiger partial charge in [0.2, 0.25) is 0 Å². The summed E-state index contributed by atoms with van der Waals surface area (Å²) in [6, 6.07) is 2.60. The van der Waals surface area contributed by atoms with Crippen LogP contribution in [0.5, 0.6) is 11.5 Å². The maximum atomic E-state index is 14.0. The van der Waals surface area contributed by atoms with Crippen LogP contribution < -0.4 is 26.2 Å². The van der Waals surface area contributed by atoms with Gasteiger partial charge >= 0.3 is 0 Å². The third-order valence-corrected chi connectivity index (χ3v) is 9.71. The fourth-order valence-corrected chi connectivity index (χ4v) is 7.54. The molecule has 1 aliphatic heterocycles. The standard InChI is InChI=1S/C34H32N2O7/c1-12-7-17-23-26-21(15(10-37)8-18(40)24(26)31-30(17)36-34(4,5)14(3)35-31)22-16(11-38)9-19(41)25-27(22)28(23)29(20(12)13(2)39)33(43-6)32(25)42/h7-9,14,20,35-38,42H,10-11H2,1-6H3. The number of allylic oxidation sites excluding steroid dienone is 1. The average molecular weight is 581 g/mol.